The Balaban J connectivity index is 2.74. The molecule has 0 unspecified atom stereocenters. The minimum Gasteiger partial charge on any atom is -0.478 e. The maximum atomic E-state index is 11.5. The summed E-state index contributed by atoms with van der Waals surface area (Å²) in [5.41, 5.74) is 0.277. The van der Waals surface area contributed by atoms with Crippen molar-refractivity contribution in [1.29, 1.82) is 0 Å². The smallest absolute Gasteiger partial charge is 0.347 e. The number of benzene rings is 1. The van der Waals surface area contributed by atoms with Crippen LogP contribution in [0.15, 0.2) is 29.8 Å². The van der Waals surface area contributed by atoms with Gasteiger partial charge in [0.1, 0.15) is 0 Å². The highest BCUT2D eigenvalue weighted by molar-refractivity contribution is 6.29. The van der Waals surface area contributed by atoms with Gasteiger partial charge in [0.2, 0.25) is 0 Å². The highest BCUT2D eigenvalue weighted by Crippen LogP contribution is 2.29. The average molecular weight is 232 g/mol. The Labute approximate surface area is 96.3 Å². The SMILES string of the molecule is C/C(C(=O)O)=C1/C(=O)OC(=O)c2ccccc21. The molecule has 0 radical (unpaired) electrons. The fraction of sp³-hybridized carbons (Fsp3) is 0.0833. The van der Waals surface area contributed by atoms with E-state index in [-0.39, 0.29) is 16.7 Å². The topological polar surface area (TPSA) is 80.7 Å². The Bertz CT molecular complexity index is 568. The normalized spacial score (nSPS) is 17.2. The number of hydrogen-bond donors (Lipinski definition) is 1. The number of carboxylic acids is 1. The van der Waals surface area contributed by atoms with Crippen LogP contribution in [0.5, 0.6) is 0 Å². The maximum Gasteiger partial charge on any atom is 0.347 e. The van der Waals surface area contributed by atoms with E-state index in [1.807, 2.05) is 0 Å². The molecule has 1 aromatic carbocycles. The lowest BCUT2D eigenvalue weighted by Gasteiger charge is -2.17. The van der Waals surface area contributed by atoms with E-state index in [4.69, 9.17) is 5.11 Å². The van der Waals surface area contributed by atoms with Crippen LogP contribution in [0.2, 0.25) is 0 Å². The van der Waals surface area contributed by atoms with Crippen molar-refractivity contribution in [3.8, 4) is 0 Å². The van der Waals surface area contributed by atoms with Crippen LogP contribution in [0.1, 0.15) is 22.8 Å². The van der Waals surface area contributed by atoms with E-state index in [2.05, 4.69) is 4.74 Å². The van der Waals surface area contributed by atoms with Crippen molar-refractivity contribution in [2.24, 2.45) is 0 Å². The van der Waals surface area contributed by atoms with E-state index in [9.17, 15) is 14.4 Å². The van der Waals surface area contributed by atoms with Crippen molar-refractivity contribution >= 4 is 23.5 Å². The molecular weight excluding hydrogens is 224 g/mol. The second kappa shape index (κ2) is 3.86. The van der Waals surface area contributed by atoms with Gasteiger partial charge in [0.25, 0.3) is 0 Å². The third-order valence-electron chi connectivity index (χ3n) is 2.50. The van der Waals surface area contributed by atoms with Gasteiger partial charge in [-0.2, -0.15) is 0 Å². The van der Waals surface area contributed by atoms with Crippen LogP contribution >= 0.6 is 0 Å². The van der Waals surface area contributed by atoms with E-state index in [1.165, 1.54) is 19.1 Å². The largest absolute Gasteiger partial charge is 0.478 e. The first-order valence-corrected chi connectivity index (χ1v) is 4.82. The van der Waals surface area contributed by atoms with Crippen molar-refractivity contribution in [3.63, 3.8) is 0 Å². The van der Waals surface area contributed by atoms with E-state index in [1.54, 1.807) is 12.1 Å². The summed E-state index contributed by atoms with van der Waals surface area (Å²) in [5, 5.41) is 8.89. The van der Waals surface area contributed by atoms with Gasteiger partial charge in [-0.1, -0.05) is 18.2 Å². The number of aliphatic carboxylic acids is 1. The lowest BCUT2D eigenvalue weighted by molar-refractivity contribution is -0.134. The van der Waals surface area contributed by atoms with Gasteiger partial charge < -0.3 is 9.84 Å². The fourth-order valence-electron chi connectivity index (χ4n) is 1.64. The summed E-state index contributed by atoms with van der Waals surface area (Å²) >= 11 is 0. The molecule has 1 aromatic rings. The summed E-state index contributed by atoms with van der Waals surface area (Å²) in [6, 6.07) is 6.25. The standard InChI is InChI=1S/C12H8O5/c1-6(10(13)14)9-7-4-2-3-5-8(7)11(15)17-12(9)16/h2-5H,1H3,(H,13,14)/b9-6-. The third-order valence-corrected chi connectivity index (χ3v) is 2.50. The quantitative estimate of drug-likeness (QED) is 0.447. The van der Waals surface area contributed by atoms with Gasteiger partial charge in [-0.15, -0.1) is 0 Å². The highest BCUT2D eigenvalue weighted by Gasteiger charge is 2.32. The minimum absolute atomic E-state index is 0.0762. The minimum atomic E-state index is -1.22. The first-order valence-electron chi connectivity index (χ1n) is 4.82. The summed E-state index contributed by atoms with van der Waals surface area (Å²) in [5.74, 6) is -2.90. The zero-order valence-electron chi connectivity index (χ0n) is 8.89. The predicted octanol–water partition coefficient (Wildman–Crippen LogP) is 1.24. The zero-order chi connectivity index (χ0) is 12.6. The molecule has 5 nitrogen and oxygen atoms in total. The second-order valence-corrected chi connectivity index (χ2v) is 3.53. The van der Waals surface area contributed by atoms with Crippen LogP contribution in [0, 0.1) is 0 Å². The summed E-state index contributed by atoms with van der Waals surface area (Å²) in [4.78, 5) is 33.9. The maximum absolute atomic E-state index is 11.5. The second-order valence-electron chi connectivity index (χ2n) is 3.53. The molecule has 0 spiro atoms. The molecule has 17 heavy (non-hydrogen) atoms. The van der Waals surface area contributed by atoms with Crippen LogP contribution in [0.3, 0.4) is 0 Å². The molecule has 1 N–H and O–H groups in total. The number of rotatable bonds is 1. The number of fused-ring (bicyclic) bond motifs is 1. The number of hydrogen-bond acceptors (Lipinski definition) is 4. The molecule has 5 heteroatoms. The molecule has 0 saturated carbocycles. The third kappa shape index (κ3) is 1.71. The van der Waals surface area contributed by atoms with Crippen LogP contribution in [-0.4, -0.2) is 23.0 Å². The van der Waals surface area contributed by atoms with Crippen LogP contribution in [-0.2, 0) is 14.3 Å². The molecule has 0 aromatic heterocycles. The molecule has 0 amide bonds. The molecule has 1 heterocycles. The summed E-state index contributed by atoms with van der Waals surface area (Å²) < 4.78 is 4.50. The van der Waals surface area contributed by atoms with Crippen molar-refractivity contribution in [3.05, 3.63) is 41.0 Å². The molecule has 0 saturated heterocycles. The van der Waals surface area contributed by atoms with Gasteiger partial charge in [-0.05, 0) is 13.0 Å². The predicted molar refractivity (Wildman–Crippen MR) is 57.1 cm³/mol. The van der Waals surface area contributed by atoms with Gasteiger partial charge in [0, 0.05) is 11.1 Å². The number of ether oxygens (including phenoxy) is 1. The molecule has 1 aliphatic heterocycles. The average Bonchev–Trinajstić information content (AvgIpc) is 2.28. The van der Waals surface area contributed by atoms with Gasteiger partial charge in [-0.25, -0.2) is 14.4 Å². The van der Waals surface area contributed by atoms with E-state index in [0.717, 1.165) is 0 Å². The van der Waals surface area contributed by atoms with Crippen molar-refractivity contribution in [2.75, 3.05) is 0 Å². The molecule has 1 aliphatic rings. The number of carboxylic acid groups (broad SMARTS) is 1. The van der Waals surface area contributed by atoms with Gasteiger partial charge >= 0.3 is 17.9 Å². The van der Waals surface area contributed by atoms with Gasteiger partial charge in [0.15, 0.2) is 0 Å². The summed E-state index contributed by atoms with van der Waals surface area (Å²) in [6.07, 6.45) is 0. The Hall–Kier alpha value is -2.43. The van der Waals surface area contributed by atoms with E-state index in [0.29, 0.717) is 5.56 Å². The molecule has 86 valence electrons. The van der Waals surface area contributed by atoms with E-state index < -0.39 is 17.9 Å². The van der Waals surface area contributed by atoms with Crippen molar-refractivity contribution in [2.45, 2.75) is 6.92 Å². The molecule has 2 rings (SSSR count). The van der Waals surface area contributed by atoms with Crippen LogP contribution in [0.25, 0.3) is 5.57 Å². The van der Waals surface area contributed by atoms with Gasteiger partial charge in [-0.3, -0.25) is 0 Å². The first kappa shape index (κ1) is 11.1. The van der Waals surface area contributed by atoms with Crippen molar-refractivity contribution in [1.82, 2.24) is 0 Å². The Morgan fingerprint density at radius 2 is 1.71 bits per heavy atom. The Kier molecular flexibility index (Phi) is 2.51. The summed E-state index contributed by atoms with van der Waals surface area (Å²) in [7, 11) is 0. The van der Waals surface area contributed by atoms with E-state index >= 15 is 0 Å². The lowest BCUT2D eigenvalue weighted by atomic mass is 9.94. The Morgan fingerprint density at radius 3 is 2.29 bits per heavy atom. The highest BCUT2D eigenvalue weighted by atomic mass is 16.6. The zero-order valence-corrected chi connectivity index (χ0v) is 8.89. The number of esters is 2. The number of carbonyl (C=O) groups is 3. The fourth-order valence-corrected chi connectivity index (χ4v) is 1.64. The Morgan fingerprint density at radius 1 is 1.12 bits per heavy atom. The van der Waals surface area contributed by atoms with Gasteiger partial charge in [0.05, 0.1) is 11.1 Å². The molecule has 0 bridgehead atoms. The van der Waals surface area contributed by atoms with Crippen LogP contribution in [0.4, 0.5) is 0 Å². The lowest BCUT2D eigenvalue weighted by Crippen LogP contribution is -2.24. The first-order chi connectivity index (χ1) is 8.02. The molecular formula is C12H8O5. The number of carbonyl (C=O) groups excluding carboxylic acids is 2. The monoisotopic (exact) mass is 232 g/mol. The molecule has 0 fully saturated rings. The molecule has 0 aliphatic carbocycles. The number of cyclic esters (lactones) is 2. The summed E-state index contributed by atoms with van der Waals surface area (Å²) in [6.45, 7) is 1.30. The van der Waals surface area contributed by atoms with Crippen molar-refractivity contribution < 1.29 is 24.2 Å². The van der Waals surface area contributed by atoms with Crippen LogP contribution < -0.4 is 0 Å². The molecule has 0 atom stereocenters.